The Morgan fingerprint density at radius 1 is 1.47 bits per heavy atom. The van der Waals surface area contributed by atoms with Gasteiger partial charge in [-0.15, -0.1) is 11.3 Å². The van der Waals surface area contributed by atoms with Crippen LogP contribution in [0.4, 0.5) is 18.3 Å². The van der Waals surface area contributed by atoms with Gasteiger partial charge in [-0.05, 0) is 0 Å². The minimum Gasteiger partial charge on any atom is -0.481 e. The fourth-order valence-electron chi connectivity index (χ4n) is 0.882. The van der Waals surface area contributed by atoms with E-state index in [0.29, 0.717) is 5.69 Å². The van der Waals surface area contributed by atoms with Gasteiger partial charge in [0.05, 0.1) is 12.1 Å². The molecular formula is C8H7F3N2O3S. The lowest BCUT2D eigenvalue weighted by Crippen LogP contribution is -2.29. The van der Waals surface area contributed by atoms with E-state index in [1.54, 1.807) is 5.32 Å². The Hall–Kier alpha value is -1.64. The van der Waals surface area contributed by atoms with E-state index in [2.05, 4.69) is 4.98 Å². The molecule has 0 saturated heterocycles. The zero-order valence-electron chi connectivity index (χ0n) is 8.24. The van der Waals surface area contributed by atoms with E-state index in [0.717, 1.165) is 11.3 Å². The molecule has 2 N–H and O–H groups in total. The van der Waals surface area contributed by atoms with Crippen LogP contribution < -0.4 is 5.32 Å². The molecule has 9 heteroatoms. The van der Waals surface area contributed by atoms with Crippen molar-refractivity contribution in [2.75, 3.05) is 5.32 Å². The highest BCUT2D eigenvalue weighted by Crippen LogP contribution is 2.21. The molecule has 5 nitrogen and oxygen atoms in total. The van der Waals surface area contributed by atoms with E-state index >= 15 is 0 Å². The molecule has 0 unspecified atom stereocenters. The van der Waals surface area contributed by atoms with Gasteiger partial charge in [0, 0.05) is 11.8 Å². The number of halogens is 3. The molecule has 0 aromatic carbocycles. The average molecular weight is 268 g/mol. The van der Waals surface area contributed by atoms with Crippen LogP contribution in [-0.4, -0.2) is 28.1 Å². The summed E-state index contributed by atoms with van der Waals surface area (Å²) >= 11 is 0.810. The lowest BCUT2D eigenvalue weighted by Gasteiger charge is -2.04. The first-order valence-electron chi connectivity index (χ1n) is 4.33. The van der Waals surface area contributed by atoms with E-state index in [1.165, 1.54) is 5.38 Å². The van der Waals surface area contributed by atoms with Crippen molar-refractivity contribution in [2.45, 2.75) is 19.0 Å². The fourth-order valence-corrected chi connectivity index (χ4v) is 1.62. The molecule has 0 spiro atoms. The summed E-state index contributed by atoms with van der Waals surface area (Å²) in [6, 6.07) is 0. The van der Waals surface area contributed by atoms with Crippen molar-refractivity contribution in [1.29, 1.82) is 0 Å². The number of hydrogen-bond donors (Lipinski definition) is 2. The molecule has 1 aromatic rings. The first kappa shape index (κ1) is 13.4. The molecule has 0 bridgehead atoms. The van der Waals surface area contributed by atoms with Gasteiger partial charge in [0.1, 0.15) is 0 Å². The van der Waals surface area contributed by atoms with Gasteiger partial charge in [0.2, 0.25) is 0 Å². The SMILES string of the molecule is O=C(O)CCc1csc(NC(=O)C(F)(F)F)n1. The Morgan fingerprint density at radius 2 is 2.12 bits per heavy atom. The van der Waals surface area contributed by atoms with Gasteiger partial charge in [-0.25, -0.2) is 4.98 Å². The minimum atomic E-state index is -4.97. The van der Waals surface area contributed by atoms with Crippen molar-refractivity contribution in [3.8, 4) is 0 Å². The van der Waals surface area contributed by atoms with Crippen LogP contribution in [0.15, 0.2) is 5.38 Å². The summed E-state index contributed by atoms with van der Waals surface area (Å²) in [7, 11) is 0. The normalized spacial score (nSPS) is 11.2. The average Bonchev–Trinajstić information content (AvgIpc) is 2.61. The van der Waals surface area contributed by atoms with Crippen molar-refractivity contribution < 1.29 is 27.9 Å². The summed E-state index contributed by atoms with van der Waals surface area (Å²) in [6.45, 7) is 0. The van der Waals surface area contributed by atoms with Crippen LogP contribution in [0.1, 0.15) is 12.1 Å². The van der Waals surface area contributed by atoms with Crippen LogP contribution in [0.2, 0.25) is 0 Å². The number of thiazole rings is 1. The van der Waals surface area contributed by atoms with Gasteiger partial charge in [0.15, 0.2) is 5.13 Å². The molecule has 0 radical (unpaired) electrons. The molecule has 0 atom stereocenters. The van der Waals surface area contributed by atoms with Crippen molar-refractivity contribution >= 4 is 28.3 Å². The van der Waals surface area contributed by atoms with Crippen LogP contribution in [0, 0.1) is 0 Å². The highest BCUT2D eigenvalue weighted by atomic mass is 32.1. The van der Waals surface area contributed by atoms with Crippen molar-refractivity contribution in [2.24, 2.45) is 0 Å². The quantitative estimate of drug-likeness (QED) is 0.870. The van der Waals surface area contributed by atoms with Gasteiger partial charge in [-0.1, -0.05) is 0 Å². The highest BCUT2D eigenvalue weighted by Gasteiger charge is 2.39. The second-order valence-electron chi connectivity index (χ2n) is 2.99. The van der Waals surface area contributed by atoms with Gasteiger partial charge in [-0.2, -0.15) is 13.2 Å². The first-order valence-corrected chi connectivity index (χ1v) is 5.21. The van der Waals surface area contributed by atoms with E-state index in [4.69, 9.17) is 5.11 Å². The van der Waals surface area contributed by atoms with E-state index in [1.807, 2.05) is 0 Å². The standard InChI is InChI=1S/C8H7F3N2O3S/c9-8(10,11)6(16)13-7-12-4(3-17-7)1-2-5(14)15/h3H,1-2H2,(H,14,15)(H,12,13,16). The molecule has 1 amide bonds. The van der Waals surface area contributed by atoms with Crippen LogP contribution in [0.3, 0.4) is 0 Å². The molecule has 1 heterocycles. The van der Waals surface area contributed by atoms with E-state index in [-0.39, 0.29) is 18.0 Å². The number of aromatic nitrogens is 1. The Morgan fingerprint density at radius 3 is 2.65 bits per heavy atom. The molecule has 0 aliphatic carbocycles. The largest absolute Gasteiger partial charge is 0.481 e. The number of carbonyl (C=O) groups is 2. The number of carboxylic acids is 1. The summed E-state index contributed by atoms with van der Waals surface area (Å²) in [4.78, 5) is 24.5. The van der Waals surface area contributed by atoms with Gasteiger partial charge < -0.3 is 5.11 Å². The predicted octanol–water partition coefficient (Wildman–Crippen LogP) is 1.66. The van der Waals surface area contributed by atoms with Crippen molar-refractivity contribution in [1.82, 2.24) is 4.98 Å². The molecule has 1 rings (SSSR count). The number of alkyl halides is 3. The zero-order chi connectivity index (χ0) is 13.1. The van der Waals surface area contributed by atoms with E-state index in [9.17, 15) is 22.8 Å². The van der Waals surface area contributed by atoms with Crippen molar-refractivity contribution in [3.05, 3.63) is 11.1 Å². The molecule has 94 valence electrons. The third-order valence-electron chi connectivity index (χ3n) is 1.62. The maximum Gasteiger partial charge on any atom is 0.471 e. The van der Waals surface area contributed by atoms with E-state index < -0.39 is 18.1 Å². The fraction of sp³-hybridized carbons (Fsp3) is 0.375. The number of carbonyl (C=O) groups excluding carboxylic acids is 1. The van der Waals surface area contributed by atoms with Gasteiger partial charge >= 0.3 is 18.1 Å². The van der Waals surface area contributed by atoms with Crippen molar-refractivity contribution in [3.63, 3.8) is 0 Å². The monoisotopic (exact) mass is 268 g/mol. The number of aryl methyl sites for hydroxylation is 1. The van der Waals surface area contributed by atoms with Crippen LogP contribution >= 0.6 is 11.3 Å². The summed E-state index contributed by atoms with van der Waals surface area (Å²) in [5.74, 6) is -3.13. The zero-order valence-corrected chi connectivity index (χ0v) is 9.06. The molecule has 0 fully saturated rings. The first-order chi connectivity index (χ1) is 7.79. The molecule has 1 aromatic heterocycles. The third kappa shape index (κ3) is 4.39. The highest BCUT2D eigenvalue weighted by molar-refractivity contribution is 7.13. The number of nitrogens with zero attached hydrogens (tertiary/aromatic N) is 1. The number of hydrogen-bond acceptors (Lipinski definition) is 4. The number of nitrogens with one attached hydrogen (secondary N) is 1. The number of amides is 1. The molecule has 17 heavy (non-hydrogen) atoms. The lowest BCUT2D eigenvalue weighted by molar-refractivity contribution is -0.167. The van der Waals surface area contributed by atoms with Gasteiger partial charge in [-0.3, -0.25) is 14.9 Å². The number of carboxylic acid groups (broad SMARTS) is 1. The van der Waals surface area contributed by atoms with Crippen LogP contribution in [-0.2, 0) is 16.0 Å². The summed E-state index contributed by atoms with van der Waals surface area (Å²) in [6.07, 6.45) is -5.03. The summed E-state index contributed by atoms with van der Waals surface area (Å²) in [5, 5.41) is 11.2. The Balaban J connectivity index is 2.57. The molecule has 0 aliphatic rings. The lowest BCUT2D eigenvalue weighted by atomic mass is 10.2. The molecular weight excluding hydrogens is 261 g/mol. The molecule has 0 aliphatic heterocycles. The summed E-state index contributed by atoms with van der Waals surface area (Å²) < 4.78 is 35.6. The second-order valence-corrected chi connectivity index (χ2v) is 3.85. The second kappa shape index (κ2) is 5.13. The Kier molecular flexibility index (Phi) is 4.05. The van der Waals surface area contributed by atoms with Gasteiger partial charge in [0.25, 0.3) is 0 Å². The number of anilines is 1. The number of aliphatic carboxylic acids is 1. The predicted molar refractivity (Wildman–Crippen MR) is 52.8 cm³/mol. The van der Waals surface area contributed by atoms with Crippen LogP contribution in [0.25, 0.3) is 0 Å². The maximum absolute atomic E-state index is 11.9. The Bertz CT molecular complexity index is 430. The Labute approximate surface area is 97.3 Å². The minimum absolute atomic E-state index is 0.105. The van der Waals surface area contributed by atoms with Crippen LogP contribution in [0.5, 0.6) is 0 Å². The summed E-state index contributed by atoms with van der Waals surface area (Å²) in [5.41, 5.74) is 0.329. The smallest absolute Gasteiger partial charge is 0.471 e. The number of rotatable bonds is 4. The topological polar surface area (TPSA) is 79.3 Å². The third-order valence-corrected chi connectivity index (χ3v) is 2.43. The maximum atomic E-state index is 11.9. The molecule has 0 saturated carbocycles.